The van der Waals surface area contributed by atoms with Crippen molar-refractivity contribution in [3.63, 3.8) is 0 Å². The molecule has 0 saturated carbocycles. The molecule has 0 aliphatic carbocycles. The van der Waals surface area contributed by atoms with Crippen LogP contribution in [0.4, 0.5) is 0 Å². The van der Waals surface area contributed by atoms with Crippen LogP contribution < -0.4 is 5.32 Å². The predicted octanol–water partition coefficient (Wildman–Crippen LogP) is 2.16. The fraction of sp³-hybridized carbons (Fsp3) is 0.500. The van der Waals surface area contributed by atoms with Crippen molar-refractivity contribution in [2.24, 2.45) is 0 Å². The molecule has 1 aromatic rings. The number of hydrogen-bond acceptors (Lipinski definition) is 2. The summed E-state index contributed by atoms with van der Waals surface area (Å²) >= 11 is 0. The van der Waals surface area contributed by atoms with E-state index in [1.165, 1.54) is 5.56 Å². The molecule has 1 unspecified atom stereocenters. The summed E-state index contributed by atoms with van der Waals surface area (Å²) in [7, 11) is 0. The summed E-state index contributed by atoms with van der Waals surface area (Å²) in [6.45, 7) is 8.72. The summed E-state index contributed by atoms with van der Waals surface area (Å²) < 4.78 is 0. The van der Waals surface area contributed by atoms with E-state index in [1.807, 2.05) is 24.0 Å². The molecule has 2 rings (SSSR count). The van der Waals surface area contributed by atoms with Crippen LogP contribution in [0.25, 0.3) is 0 Å². The number of piperazine rings is 1. The maximum atomic E-state index is 12.4. The second-order valence-electron chi connectivity index (χ2n) is 4.87. The van der Waals surface area contributed by atoms with Gasteiger partial charge in [0.25, 0.3) is 5.91 Å². The first-order valence-electron chi connectivity index (χ1n) is 6.18. The summed E-state index contributed by atoms with van der Waals surface area (Å²) in [6, 6.07) is 6.30. The Morgan fingerprint density at radius 3 is 2.72 bits per heavy atom. The van der Waals surface area contributed by atoms with E-state index in [4.69, 9.17) is 0 Å². The van der Waals surface area contributed by atoms with E-state index in [9.17, 15) is 4.79 Å². The first-order chi connectivity index (χ1) is 8.09. The van der Waals surface area contributed by atoms with Gasteiger partial charge in [0.15, 0.2) is 0 Å². The number of carbonyl (C=O) groups is 1. The van der Waals surface area contributed by atoms with Crippen molar-refractivity contribution in [1.82, 2.24) is 10.2 Å². The summed E-state index contributed by atoms with van der Waals surface area (Å²) in [5.74, 6) is 0.163. The zero-order valence-electron chi connectivity index (χ0n) is 11.2. The number of amides is 1. The van der Waals surface area contributed by atoms with Crippen LogP contribution >= 0.6 is 12.4 Å². The fourth-order valence-corrected chi connectivity index (χ4v) is 2.35. The van der Waals surface area contributed by atoms with Crippen LogP contribution in [0.1, 0.15) is 28.4 Å². The van der Waals surface area contributed by atoms with Gasteiger partial charge < -0.3 is 10.2 Å². The molecule has 0 spiro atoms. The lowest BCUT2D eigenvalue weighted by atomic mass is 10.0. The fourth-order valence-electron chi connectivity index (χ4n) is 2.35. The van der Waals surface area contributed by atoms with Gasteiger partial charge in [0, 0.05) is 31.2 Å². The molecule has 3 nitrogen and oxygen atoms in total. The molecular formula is C14H21ClN2O. The Labute approximate surface area is 115 Å². The maximum absolute atomic E-state index is 12.4. The van der Waals surface area contributed by atoms with Gasteiger partial charge in [-0.3, -0.25) is 4.79 Å². The van der Waals surface area contributed by atoms with Crippen LogP contribution in [0.15, 0.2) is 18.2 Å². The van der Waals surface area contributed by atoms with E-state index in [0.29, 0.717) is 0 Å². The molecule has 1 N–H and O–H groups in total. The minimum Gasteiger partial charge on any atom is -0.333 e. The van der Waals surface area contributed by atoms with Gasteiger partial charge in [-0.15, -0.1) is 12.4 Å². The predicted molar refractivity (Wildman–Crippen MR) is 76.5 cm³/mol. The molecule has 0 bridgehead atoms. The molecule has 1 aliphatic heterocycles. The third kappa shape index (κ3) is 3.03. The molecule has 1 heterocycles. The Bertz CT molecular complexity index is 434. The van der Waals surface area contributed by atoms with Crippen molar-refractivity contribution in [3.05, 3.63) is 34.9 Å². The average Bonchev–Trinajstić information content (AvgIpc) is 2.29. The number of rotatable bonds is 1. The van der Waals surface area contributed by atoms with E-state index in [1.54, 1.807) is 0 Å². The molecule has 1 saturated heterocycles. The first-order valence-corrected chi connectivity index (χ1v) is 6.18. The lowest BCUT2D eigenvalue weighted by Gasteiger charge is -2.34. The molecule has 0 aromatic heterocycles. The maximum Gasteiger partial charge on any atom is 0.254 e. The molecule has 4 heteroatoms. The van der Waals surface area contributed by atoms with E-state index >= 15 is 0 Å². The largest absolute Gasteiger partial charge is 0.333 e. The van der Waals surface area contributed by atoms with Gasteiger partial charge in [-0.05, 0) is 32.4 Å². The minimum atomic E-state index is 0. The van der Waals surface area contributed by atoms with Gasteiger partial charge in [0.2, 0.25) is 0 Å². The highest BCUT2D eigenvalue weighted by Crippen LogP contribution is 2.15. The molecule has 1 amide bonds. The Balaban J connectivity index is 0.00000162. The Kier molecular flexibility index (Phi) is 5.17. The van der Waals surface area contributed by atoms with Crippen LogP contribution in [0.3, 0.4) is 0 Å². The van der Waals surface area contributed by atoms with Crippen LogP contribution in [0, 0.1) is 13.8 Å². The third-order valence-corrected chi connectivity index (χ3v) is 3.37. The van der Waals surface area contributed by atoms with Crippen molar-refractivity contribution >= 4 is 18.3 Å². The van der Waals surface area contributed by atoms with E-state index in [2.05, 4.69) is 25.2 Å². The van der Waals surface area contributed by atoms with Gasteiger partial charge in [0.05, 0.1) is 0 Å². The van der Waals surface area contributed by atoms with E-state index in [0.717, 1.165) is 30.8 Å². The van der Waals surface area contributed by atoms with Crippen LogP contribution in [-0.2, 0) is 0 Å². The Hall–Kier alpha value is -1.06. The van der Waals surface area contributed by atoms with Gasteiger partial charge in [-0.2, -0.15) is 0 Å². The smallest absolute Gasteiger partial charge is 0.254 e. The monoisotopic (exact) mass is 268 g/mol. The van der Waals surface area contributed by atoms with Crippen molar-refractivity contribution in [2.75, 3.05) is 19.6 Å². The number of nitrogens with zero attached hydrogens (tertiary/aromatic N) is 1. The average molecular weight is 269 g/mol. The SMILES string of the molecule is Cc1ccc(C(=O)N2CCNCC2C)c(C)c1.Cl. The molecule has 1 aromatic carbocycles. The Morgan fingerprint density at radius 1 is 1.39 bits per heavy atom. The number of nitrogens with one attached hydrogen (secondary N) is 1. The highest BCUT2D eigenvalue weighted by molar-refractivity contribution is 5.96. The molecule has 0 radical (unpaired) electrons. The van der Waals surface area contributed by atoms with Gasteiger partial charge in [-0.1, -0.05) is 17.7 Å². The number of hydrogen-bond donors (Lipinski definition) is 1. The van der Waals surface area contributed by atoms with Crippen molar-refractivity contribution in [3.8, 4) is 0 Å². The molecule has 100 valence electrons. The number of benzene rings is 1. The second kappa shape index (κ2) is 6.21. The van der Waals surface area contributed by atoms with Crippen molar-refractivity contribution in [2.45, 2.75) is 26.8 Å². The number of halogens is 1. The lowest BCUT2D eigenvalue weighted by Crippen LogP contribution is -2.52. The number of aryl methyl sites for hydroxylation is 2. The Morgan fingerprint density at radius 2 is 2.11 bits per heavy atom. The summed E-state index contributed by atoms with van der Waals surface area (Å²) in [5, 5.41) is 3.30. The molecule has 18 heavy (non-hydrogen) atoms. The zero-order valence-corrected chi connectivity index (χ0v) is 12.0. The second-order valence-corrected chi connectivity index (χ2v) is 4.87. The molecule has 1 fully saturated rings. The van der Waals surface area contributed by atoms with Crippen molar-refractivity contribution < 1.29 is 4.79 Å². The topological polar surface area (TPSA) is 32.3 Å². The summed E-state index contributed by atoms with van der Waals surface area (Å²) in [5.41, 5.74) is 3.11. The van der Waals surface area contributed by atoms with Gasteiger partial charge >= 0.3 is 0 Å². The van der Waals surface area contributed by atoms with Crippen LogP contribution in [-0.4, -0.2) is 36.5 Å². The normalized spacial score (nSPS) is 19.3. The zero-order chi connectivity index (χ0) is 12.4. The minimum absolute atomic E-state index is 0. The third-order valence-electron chi connectivity index (χ3n) is 3.37. The first kappa shape index (κ1) is 15.0. The molecule has 1 atom stereocenters. The van der Waals surface area contributed by atoms with Crippen LogP contribution in [0.5, 0.6) is 0 Å². The number of carbonyl (C=O) groups excluding carboxylic acids is 1. The lowest BCUT2D eigenvalue weighted by molar-refractivity contribution is 0.0655. The van der Waals surface area contributed by atoms with E-state index < -0.39 is 0 Å². The van der Waals surface area contributed by atoms with Crippen LogP contribution in [0.2, 0.25) is 0 Å². The highest BCUT2D eigenvalue weighted by atomic mass is 35.5. The standard InChI is InChI=1S/C14H20N2O.ClH/c1-10-4-5-13(11(2)8-10)14(17)16-7-6-15-9-12(16)3;/h4-5,8,12,15H,6-7,9H2,1-3H3;1H. The summed E-state index contributed by atoms with van der Waals surface area (Å²) in [6.07, 6.45) is 0. The summed E-state index contributed by atoms with van der Waals surface area (Å²) in [4.78, 5) is 14.4. The van der Waals surface area contributed by atoms with Gasteiger partial charge in [-0.25, -0.2) is 0 Å². The van der Waals surface area contributed by atoms with Crippen molar-refractivity contribution in [1.29, 1.82) is 0 Å². The quantitative estimate of drug-likeness (QED) is 0.847. The molecular weight excluding hydrogens is 248 g/mol. The van der Waals surface area contributed by atoms with E-state index in [-0.39, 0.29) is 24.4 Å². The molecule has 1 aliphatic rings. The van der Waals surface area contributed by atoms with Gasteiger partial charge in [0.1, 0.15) is 0 Å². The highest BCUT2D eigenvalue weighted by Gasteiger charge is 2.24.